The van der Waals surface area contributed by atoms with E-state index in [1.807, 2.05) is 0 Å². The molecule has 0 fully saturated rings. The predicted molar refractivity (Wildman–Crippen MR) is 65.4 cm³/mol. The highest BCUT2D eigenvalue weighted by Crippen LogP contribution is 2.34. The summed E-state index contributed by atoms with van der Waals surface area (Å²) in [6.07, 6.45) is 4.70. The lowest BCUT2D eigenvalue weighted by atomic mass is 9.88. The molecular formula is C11H14INO. The first-order valence-electron chi connectivity index (χ1n) is 4.96. The van der Waals surface area contributed by atoms with E-state index in [9.17, 15) is 5.11 Å². The third kappa shape index (κ3) is 1.63. The van der Waals surface area contributed by atoms with Gasteiger partial charge in [-0.1, -0.05) is 0 Å². The number of aromatic hydroxyl groups is 1. The van der Waals surface area contributed by atoms with Crippen molar-refractivity contribution in [2.45, 2.75) is 32.2 Å². The molecule has 1 aromatic carbocycles. The van der Waals surface area contributed by atoms with Crippen LogP contribution in [-0.2, 0) is 19.4 Å². The molecule has 0 radical (unpaired) electrons. The van der Waals surface area contributed by atoms with Gasteiger partial charge in [-0.25, -0.2) is 0 Å². The molecule has 2 nitrogen and oxygen atoms in total. The smallest absolute Gasteiger partial charge is 0.133 e. The molecule has 0 aromatic heterocycles. The van der Waals surface area contributed by atoms with Gasteiger partial charge in [0.15, 0.2) is 0 Å². The van der Waals surface area contributed by atoms with Gasteiger partial charge in [0.25, 0.3) is 0 Å². The normalized spacial score (nSPS) is 15.3. The van der Waals surface area contributed by atoms with Crippen LogP contribution in [0, 0.1) is 3.57 Å². The van der Waals surface area contributed by atoms with Crippen LogP contribution in [0.4, 0.5) is 0 Å². The summed E-state index contributed by atoms with van der Waals surface area (Å²) in [5, 5.41) is 9.87. The van der Waals surface area contributed by atoms with Crippen molar-refractivity contribution in [3.8, 4) is 5.75 Å². The first-order valence-corrected chi connectivity index (χ1v) is 6.04. The minimum Gasteiger partial charge on any atom is -0.506 e. The number of fused-ring (bicyclic) bond motifs is 1. The number of phenols is 1. The van der Waals surface area contributed by atoms with Gasteiger partial charge in [-0.15, -0.1) is 0 Å². The maximum atomic E-state index is 9.87. The monoisotopic (exact) mass is 303 g/mol. The average molecular weight is 303 g/mol. The molecule has 0 spiro atoms. The number of halogens is 1. The van der Waals surface area contributed by atoms with Crippen LogP contribution in [0.1, 0.15) is 29.5 Å². The molecule has 0 saturated heterocycles. The Morgan fingerprint density at radius 3 is 2.79 bits per heavy atom. The third-order valence-electron chi connectivity index (χ3n) is 2.89. The Hall–Kier alpha value is -0.290. The standard InChI is InChI=1S/C11H14INO/c12-10-5-7-3-1-2-4-8(7)9(6-13)11(10)14/h5,14H,1-4,6,13H2. The van der Waals surface area contributed by atoms with Crippen LogP contribution in [0.15, 0.2) is 6.07 Å². The quantitative estimate of drug-likeness (QED) is 0.782. The molecule has 2 rings (SSSR count). The fourth-order valence-electron chi connectivity index (χ4n) is 2.16. The van der Waals surface area contributed by atoms with Gasteiger partial charge in [0, 0.05) is 12.1 Å². The van der Waals surface area contributed by atoms with Gasteiger partial charge in [-0.2, -0.15) is 0 Å². The second-order valence-corrected chi connectivity index (χ2v) is 4.90. The van der Waals surface area contributed by atoms with Crippen LogP contribution in [0.2, 0.25) is 0 Å². The average Bonchev–Trinajstić information content (AvgIpc) is 2.20. The first kappa shape index (κ1) is 10.2. The molecule has 0 aliphatic heterocycles. The Morgan fingerprint density at radius 1 is 1.36 bits per heavy atom. The van der Waals surface area contributed by atoms with Crippen LogP contribution in [0.5, 0.6) is 5.75 Å². The molecule has 1 aliphatic rings. The van der Waals surface area contributed by atoms with Crippen molar-refractivity contribution < 1.29 is 5.11 Å². The number of benzene rings is 1. The Bertz CT molecular complexity index is 363. The van der Waals surface area contributed by atoms with Crippen molar-refractivity contribution in [2.75, 3.05) is 0 Å². The van der Waals surface area contributed by atoms with Crippen molar-refractivity contribution in [3.05, 3.63) is 26.3 Å². The van der Waals surface area contributed by atoms with Gasteiger partial charge >= 0.3 is 0 Å². The van der Waals surface area contributed by atoms with Gasteiger partial charge in [0.1, 0.15) is 5.75 Å². The van der Waals surface area contributed by atoms with Gasteiger partial charge in [0.2, 0.25) is 0 Å². The van der Waals surface area contributed by atoms with E-state index in [-0.39, 0.29) is 0 Å². The van der Waals surface area contributed by atoms with Crippen molar-refractivity contribution in [3.63, 3.8) is 0 Å². The fraction of sp³-hybridized carbons (Fsp3) is 0.455. The minimum atomic E-state index is 0.397. The minimum absolute atomic E-state index is 0.397. The molecule has 0 amide bonds. The number of aryl methyl sites for hydroxylation is 1. The van der Waals surface area contributed by atoms with E-state index in [2.05, 4.69) is 28.7 Å². The van der Waals surface area contributed by atoms with Crippen LogP contribution in [-0.4, -0.2) is 5.11 Å². The Kier molecular flexibility index (Phi) is 2.97. The third-order valence-corrected chi connectivity index (χ3v) is 3.71. The van der Waals surface area contributed by atoms with Crippen molar-refractivity contribution >= 4 is 22.6 Å². The largest absolute Gasteiger partial charge is 0.506 e. The SMILES string of the molecule is NCc1c(O)c(I)cc2c1CCCC2. The zero-order valence-corrected chi connectivity index (χ0v) is 10.2. The van der Waals surface area contributed by atoms with E-state index in [1.165, 1.54) is 24.0 Å². The van der Waals surface area contributed by atoms with Crippen molar-refractivity contribution in [2.24, 2.45) is 5.73 Å². The van der Waals surface area contributed by atoms with E-state index >= 15 is 0 Å². The van der Waals surface area contributed by atoms with E-state index in [4.69, 9.17) is 5.73 Å². The summed E-state index contributed by atoms with van der Waals surface area (Å²) in [5.74, 6) is 0.397. The Morgan fingerprint density at radius 2 is 2.07 bits per heavy atom. The van der Waals surface area contributed by atoms with E-state index in [0.717, 1.165) is 22.0 Å². The van der Waals surface area contributed by atoms with E-state index < -0.39 is 0 Å². The number of nitrogens with two attached hydrogens (primary N) is 1. The molecule has 76 valence electrons. The zero-order chi connectivity index (χ0) is 10.1. The predicted octanol–water partition coefficient (Wildman–Crippen LogP) is 2.33. The number of rotatable bonds is 1. The van der Waals surface area contributed by atoms with E-state index in [0.29, 0.717) is 12.3 Å². The van der Waals surface area contributed by atoms with Gasteiger partial charge < -0.3 is 10.8 Å². The second-order valence-electron chi connectivity index (χ2n) is 3.73. The number of hydrogen-bond acceptors (Lipinski definition) is 2. The summed E-state index contributed by atoms with van der Waals surface area (Å²) in [5.41, 5.74) is 9.34. The van der Waals surface area contributed by atoms with Gasteiger partial charge in [-0.3, -0.25) is 0 Å². The molecule has 0 bridgehead atoms. The highest BCUT2D eigenvalue weighted by Gasteiger charge is 2.17. The summed E-state index contributed by atoms with van der Waals surface area (Å²) < 4.78 is 0.934. The number of phenolic OH excluding ortho intramolecular Hbond substituents is 1. The molecule has 0 unspecified atom stereocenters. The first-order chi connectivity index (χ1) is 6.74. The molecular weight excluding hydrogens is 289 g/mol. The highest BCUT2D eigenvalue weighted by molar-refractivity contribution is 14.1. The zero-order valence-electron chi connectivity index (χ0n) is 8.02. The lowest BCUT2D eigenvalue weighted by Gasteiger charge is -2.20. The Labute approximate surface area is 97.6 Å². The molecule has 0 atom stereocenters. The Balaban J connectivity index is 2.60. The lowest BCUT2D eigenvalue weighted by Crippen LogP contribution is -2.10. The topological polar surface area (TPSA) is 46.2 Å². The molecule has 1 aliphatic carbocycles. The maximum Gasteiger partial charge on any atom is 0.133 e. The molecule has 0 heterocycles. The molecule has 14 heavy (non-hydrogen) atoms. The van der Waals surface area contributed by atoms with Crippen molar-refractivity contribution in [1.82, 2.24) is 0 Å². The summed E-state index contributed by atoms with van der Waals surface area (Å²) in [6.45, 7) is 0.449. The summed E-state index contributed by atoms with van der Waals surface area (Å²) in [7, 11) is 0. The fourth-order valence-corrected chi connectivity index (χ4v) is 2.86. The van der Waals surface area contributed by atoms with Gasteiger partial charge in [-0.05, 0) is 65.5 Å². The summed E-state index contributed by atoms with van der Waals surface area (Å²) in [4.78, 5) is 0. The molecule has 3 heteroatoms. The van der Waals surface area contributed by atoms with Crippen LogP contribution in [0.3, 0.4) is 0 Å². The van der Waals surface area contributed by atoms with Gasteiger partial charge in [0.05, 0.1) is 3.57 Å². The number of hydrogen-bond donors (Lipinski definition) is 2. The second kappa shape index (κ2) is 4.06. The van der Waals surface area contributed by atoms with Crippen molar-refractivity contribution in [1.29, 1.82) is 0 Å². The molecule has 3 N–H and O–H groups in total. The molecule has 1 aromatic rings. The molecule has 0 saturated carbocycles. The maximum absolute atomic E-state index is 9.87. The van der Waals surface area contributed by atoms with Crippen LogP contribution >= 0.6 is 22.6 Å². The van der Waals surface area contributed by atoms with E-state index in [1.54, 1.807) is 0 Å². The van der Waals surface area contributed by atoms with Crippen LogP contribution < -0.4 is 5.73 Å². The lowest BCUT2D eigenvalue weighted by molar-refractivity contribution is 0.461. The highest BCUT2D eigenvalue weighted by atomic mass is 127. The summed E-state index contributed by atoms with van der Waals surface area (Å²) >= 11 is 2.17. The summed E-state index contributed by atoms with van der Waals surface area (Å²) in [6, 6.07) is 2.10. The van der Waals surface area contributed by atoms with Crippen LogP contribution in [0.25, 0.3) is 0 Å².